The van der Waals surface area contributed by atoms with Crippen LogP contribution in [-0.4, -0.2) is 18.1 Å². The second-order valence-electron chi connectivity index (χ2n) is 5.07. The number of ether oxygens (including phenoxy) is 1. The summed E-state index contributed by atoms with van der Waals surface area (Å²) in [5.41, 5.74) is 2.09. The monoisotopic (exact) mass is 359 g/mol. The molecule has 0 aliphatic heterocycles. The van der Waals surface area contributed by atoms with Crippen LogP contribution in [0.4, 0.5) is 0 Å². The predicted octanol–water partition coefficient (Wildman–Crippen LogP) is 5.24. The minimum absolute atomic E-state index is 0.160. The highest BCUT2D eigenvalue weighted by Crippen LogP contribution is 2.35. The topological polar surface area (TPSA) is 52.3 Å². The molecule has 3 aromatic rings. The van der Waals surface area contributed by atoms with Gasteiger partial charge in [0.15, 0.2) is 0 Å². The molecule has 0 saturated carbocycles. The van der Waals surface area contributed by atoms with Crippen LogP contribution in [0.1, 0.15) is 16.1 Å². The number of hydrogen-bond acceptors (Lipinski definition) is 5. The minimum atomic E-state index is -0.534. The summed E-state index contributed by atoms with van der Waals surface area (Å²) in [5.74, 6) is -0.152. The number of halogens is 1. The second kappa shape index (κ2) is 7.11. The van der Waals surface area contributed by atoms with Crippen molar-refractivity contribution in [3.05, 3.63) is 64.8 Å². The van der Waals surface area contributed by atoms with Gasteiger partial charge in [0.2, 0.25) is 16.7 Å². The van der Waals surface area contributed by atoms with Gasteiger partial charge in [-0.15, -0.1) is 0 Å². The Morgan fingerprint density at radius 1 is 1.12 bits per heavy atom. The summed E-state index contributed by atoms with van der Waals surface area (Å²) >= 11 is 7.19. The zero-order chi connectivity index (χ0) is 17.1. The highest BCUT2D eigenvalue weighted by Gasteiger charge is 2.22. The number of methoxy groups -OCH3 is 1. The lowest BCUT2D eigenvalue weighted by atomic mass is 10.1. The minimum Gasteiger partial charge on any atom is -0.464 e. The Bertz CT molecular complexity index is 857. The van der Waals surface area contributed by atoms with Crippen LogP contribution in [0.3, 0.4) is 0 Å². The van der Waals surface area contributed by atoms with E-state index in [0.29, 0.717) is 16.0 Å². The number of benzene rings is 2. The molecule has 3 rings (SSSR count). The van der Waals surface area contributed by atoms with E-state index in [4.69, 9.17) is 20.8 Å². The molecule has 0 saturated heterocycles. The molecular weight excluding hydrogens is 346 g/mol. The second-order valence-corrected chi connectivity index (χ2v) is 6.55. The molecule has 4 nitrogen and oxygen atoms in total. The van der Waals surface area contributed by atoms with E-state index in [-0.39, 0.29) is 5.69 Å². The summed E-state index contributed by atoms with van der Waals surface area (Å²) in [6, 6.07) is 15.0. The van der Waals surface area contributed by atoms with Gasteiger partial charge in [-0.3, -0.25) is 0 Å². The average Bonchev–Trinajstić information content (AvgIpc) is 3.00. The van der Waals surface area contributed by atoms with Crippen LogP contribution in [0, 0.1) is 6.92 Å². The molecule has 0 fully saturated rings. The van der Waals surface area contributed by atoms with E-state index in [0.717, 1.165) is 16.0 Å². The van der Waals surface area contributed by atoms with Crippen molar-refractivity contribution >= 4 is 29.3 Å². The van der Waals surface area contributed by atoms with E-state index in [1.165, 1.54) is 18.9 Å². The van der Waals surface area contributed by atoms with Crippen LogP contribution in [0.25, 0.3) is 11.5 Å². The van der Waals surface area contributed by atoms with Crippen LogP contribution in [0.15, 0.2) is 62.9 Å². The summed E-state index contributed by atoms with van der Waals surface area (Å²) < 4.78 is 10.6. The third-order valence-electron chi connectivity index (χ3n) is 3.30. The zero-order valence-electron chi connectivity index (χ0n) is 13.1. The van der Waals surface area contributed by atoms with Crippen molar-refractivity contribution in [2.75, 3.05) is 7.11 Å². The molecular formula is C18H14ClNO3S. The molecule has 122 valence electrons. The van der Waals surface area contributed by atoms with Crippen molar-refractivity contribution in [2.24, 2.45) is 0 Å². The molecule has 0 amide bonds. The van der Waals surface area contributed by atoms with Crippen LogP contribution in [0.5, 0.6) is 0 Å². The zero-order valence-corrected chi connectivity index (χ0v) is 14.6. The number of carbonyl (C=O) groups excluding carboxylic acids is 1. The van der Waals surface area contributed by atoms with Gasteiger partial charge in [-0.05, 0) is 55.1 Å². The molecule has 1 aromatic heterocycles. The molecule has 1 heterocycles. The molecule has 0 radical (unpaired) electrons. The Balaban J connectivity index is 1.98. The fourth-order valence-corrected chi connectivity index (χ4v) is 2.99. The average molecular weight is 360 g/mol. The number of hydrogen-bond donors (Lipinski definition) is 0. The standard InChI is InChI=1S/C18H14ClNO3S/c1-11-3-5-12(6-4-11)16-20-15(17(21)22-2)18(23-16)24-14-9-7-13(19)8-10-14/h3-10H,1-2H3. The van der Waals surface area contributed by atoms with E-state index in [2.05, 4.69) is 4.98 Å². The van der Waals surface area contributed by atoms with Gasteiger partial charge in [-0.2, -0.15) is 0 Å². The summed E-state index contributed by atoms with van der Waals surface area (Å²) in [6.45, 7) is 2.00. The molecule has 0 spiro atoms. The molecule has 0 atom stereocenters. The highest BCUT2D eigenvalue weighted by atomic mass is 35.5. The van der Waals surface area contributed by atoms with Gasteiger partial charge >= 0.3 is 5.97 Å². The third kappa shape index (κ3) is 3.63. The molecule has 6 heteroatoms. The fraction of sp³-hybridized carbons (Fsp3) is 0.111. The smallest absolute Gasteiger partial charge is 0.361 e. The first kappa shape index (κ1) is 16.6. The molecule has 0 aliphatic carbocycles. The number of aryl methyl sites for hydroxylation is 1. The van der Waals surface area contributed by atoms with Gasteiger partial charge < -0.3 is 9.15 Å². The first-order valence-electron chi connectivity index (χ1n) is 7.16. The van der Waals surface area contributed by atoms with Crippen molar-refractivity contribution in [1.82, 2.24) is 4.98 Å². The van der Waals surface area contributed by atoms with Crippen LogP contribution < -0.4 is 0 Å². The largest absolute Gasteiger partial charge is 0.464 e. The van der Waals surface area contributed by atoms with E-state index in [1.54, 1.807) is 12.1 Å². The Morgan fingerprint density at radius 2 is 1.79 bits per heavy atom. The quantitative estimate of drug-likeness (QED) is 0.596. The van der Waals surface area contributed by atoms with Crippen LogP contribution >= 0.6 is 23.4 Å². The lowest BCUT2D eigenvalue weighted by Crippen LogP contribution is -2.02. The lowest BCUT2D eigenvalue weighted by Gasteiger charge is -2.00. The number of esters is 1. The SMILES string of the molecule is COC(=O)c1nc(-c2ccc(C)cc2)oc1Sc1ccc(Cl)cc1. The van der Waals surface area contributed by atoms with Crippen molar-refractivity contribution in [1.29, 1.82) is 0 Å². The maximum absolute atomic E-state index is 12.0. The molecule has 0 aliphatic rings. The lowest BCUT2D eigenvalue weighted by molar-refractivity contribution is 0.0588. The Hall–Kier alpha value is -2.24. The highest BCUT2D eigenvalue weighted by molar-refractivity contribution is 7.99. The van der Waals surface area contributed by atoms with Crippen molar-refractivity contribution in [3.8, 4) is 11.5 Å². The van der Waals surface area contributed by atoms with E-state index in [9.17, 15) is 4.79 Å². The van der Waals surface area contributed by atoms with Gasteiger partial charge in [-0.1, -0.05) is 29.3 Å². The maximum atomic E-state index is 12.0. The van der Waals surface area contributed by atoms with Gasteiger partial charge in [0, 0.05) is 15.5 Å². The van der Waals surface area contributed by atoms with E-state index in [1.807, 2.05) is 43.3 Å². The fourth-order valence-electron chi connectivity index (χ4n) is 2.03. The predicted molar refractivity (Wildman–Crippen MR) is 93.6 cm³/mol. The van der Waals surface area contributed by atoms with Gasteiger partial charge in [0.25, 0.3) is 0 Å². The summed E-state index contributed by atoms with van der Waals surface area (Å²) in [5, 5.41) is 1.03. The van der Waals surface area contributed by atoms with Crippen molar-refractivity contribution in [2.45, 2.75) is 16.9 Å². The number of oxazole rings is 1. The molecule has 0 unspecified atom stereocenters. The number of rotatable bonds is 4. The number of nitrogens with zero attached hydrogens (tertiary/aromatic N) is 1. The third-order valence-corrected chi connectivity index (χ3v) is 4.52. The van der Waals surface area contributed by atoms with Crippen LogP contribution in [0.2, 0.25) is 5.02 Å². The van der Waals surface area contributed by atoms with E-state index >= 15 is 0 Å². The molecule has 0 N–H and O–H groups in total. The van der Waals surface area contributed by atoms with Crippen LogP contribution in [-0.2, 0) is 4.74 Å². The molecule has 2 aromatic carbocycles. The van der Waals surface area contributed by atoms with Crippen molar-refractivity contribution < 1.29 is 13.9 Å². The van der Waals surface area contributed by atoms with Gasteiger partial charge in [-0.25, -0.2) is 9.78 Å². The summed E-state index contributed by atoms with van der Waals surface area (Å²) in [7, 11) is 1.32. The molecule has 24 heavy (non-hydrogen) atoms. The normalized spacial score (nSPS) is 10.6. The van der Waals surface area contributed by atoms with Gasteiger partial charge in [0.05, 0.1) is 7.11 Å². The van der Waals surface area contributed by atoms with Gasteiger partial charge in [0.1, 0.15) is 0 Å². The first-order chi connectivity index (χ1) is 11.6. The molecule has 0 bridgehead atoms. The summed E-state index contributed by atoms with van der Waals surface area (Å²) in [6.07, 6.45) is 0. The Kier molecular flexibility index (Phi) is 4.92. The Morgan fingerprint density at radius 3 is 2.42 bits per heavy atom. The van der Waals surface area contributed by atoms with E-state index < -0.39 is 5.97 Å². The number of aromatic nitrogens is 1. The maximum Gasteiger partial charge on any atom is 0.361 e. The summed E-state index contributed by atoms with van der Waals surface area (Å²) in [4.78, 5) is 17.2. The Labute approximate surface area is 148 Å². The van der Waals surface area contributed by atoms with Crippen molar-refractivity contribution in [3.63, 3.8) is 0 Å². The number of carbonyl (C=O) groups is 1. The first-order valence-corrected chi connectivity index (χ1v) is 8.36.